The Morgan fingerprint density at radius 3 is 2.21 bits per heavy atom. The zero-order chi connectivity index (χ0) is 21.7. The summed E-state index contributed by atoms with van der Waals surface area (Å²) < 4.78 is 66.3. The number of halogens is 3. The molecule has 0 aromatic heterocycles. The van der Waals surface area contributed by atoms with Gasteiger partial charge in [0, 0.05) is 44.2 Å². The lowest BCUT2D eigenvalue weighted by molar-refractivity contribution is -0.258. The van der Waals surface area contributed by atoms with Crippen molar-refractivity contribution in [1.29, 1.82) is 0 Å². The fourth-order valence-electron chi connectivity index (χ4n) is 3.78. The quantitative estimate of drug-likeness (QED) is 0.712. The fraction of sp³-hybridized carbons (Fsp3) is 0.684. The molecule has 0 bridgehead atoms. The molecule has 0 amide bonds. The van der Waals surface area contributed by atoms with E-state index in [0.717, 1.165) is 43.7 Å². The molecule has 10 heteroatoms. The van der Waals surface area contributed by atoms with Gasteiger partial charge >= 0.3 is 6.18 Å². The summed E-state index contributed by atoms with van der Waals surface area (Å²) in [6.45, 7) is 4.64. The molecule has 0 spiro atoms. The number of hydrogen-bond donors (Lipinski definition) is 2. The zero-order valence-electron chi connectivity index (χ0n) is 16.5. The highest BCUT2D eigenvalue weighted by Crippen LogP contribution is 2.46. The Labute approximate surface area is 169 Å². The molecule has 1 saturated carbocycles. The number of sulfonamides is 1. The second-order valence-electron chi connectivity index (χ2n) is 8.45. The molecular weight excluding hydrogens is 409 g/mol. The van der Waals surface area contributed by atoms with Crippen LogP contribution in [0.3, 0.4) is 0 Å². The number of aliphatic hydroxyl groups is 2. The molecule has 1 saturated heterocycles. The average Bonchev–Trinajstić information content (AvgIpc) is 3.40. The lowest BCUT2D eigenvalue weighted by Gasteiger charge is -2.40. The van der Waals surface area contributed by atoms with E-state index in [1.165, 1.54) is 4.31 Å². The summed E-state index contributed by atoms with van der Waals surface area (Å²) in [4.78, 5) is 2.05. The highest BCUT2D eigenvalue weighted by Gasteiger charge is 2.51. The van der Waals surface area contributed by atoms with Gasteiger partial charge in [-0.05, 0) is 44.4 Å². The summed E-state index contributed by atoms with van der Waals surface area (Å²) in [5.74, 6) is 0. The normalized spacial score (nSPS) is 25.6. The van der Waals surface area contributed by atoms with Gasteiger partial charge in [0.2, 0.25) is 10.0 Å². The Morgan fingerprint density at radius 2 is 1.76 bits per heavy atom. The van der Waals surface area contributed by atoms with E-state index in [4.69, 9.17) is 0 Å². The maximum Gasteiger partial charge on any atom is 0.421 e. The van der Waals surface area contributed by atoms with Crippen molar-refractivity contribution >= 4 is 10.0 Å². The molecule has 1 aromatic carbocycles. The van der Waals surface area contributed by atoms with Gasteiger partial charge in [-0.2, -0.15) is 17.5 Å². The van der Waals surface area contributed by atoms with Crippen molar-refractivity contribution in [2.45, 2.75) is 49.4 Å². The monoisotopic (exact) mass is 436 g/mol. The van der Waals surface area contributed by atoms with Crippen molar-refractivity contribution < 1.29 is 31.8 Å². The Balaban J connectivity index is 1.72. The van der Waals surface area contributed by atoms with Crippen molar-refractivity contribution in [1.82, 2.24) is 9.21 Å². The third kappa shape index (κ3) is 4.32. The molecule has 2 aliphatic rings. The number of rotatable bonds is 6. The summed E-state index contributed by atoms with van der Waals surface area (Å²) in [7, 11) is -3.87. The fourth-order valence-corrected chi connectivity index (χ4v) is 5.40. The minimum Gasteiger partial charge on any atom is -0.396 e. The molecule has 2 fully saturated rings. The van der Waals surface area contributed by atoms with Crippen molar-refractivity contribution in [2.75, 3.05) is 32.8 Å². The first-order valence-corrected chi connectivity index (χ1v) is 11.0. The second-order valence-corrected chi connectivity index (χ2v) is 10.3. The van der Waals surface area contributed by atoms with Crippen LogP contribution in [0.1, 0.15) is 32.3 Å². The molecule has 2 unspecified atom stereocenters. The molecule has 3 rings (SSSR count). The summed E-state index contributed by atoms with van der Waals surface area (Å²) in [5.41, 5.74) is -3.52. The van der Waals surface area contributed by atoms with Crippen LogP contribution in [0, 0.1) is 5.41 Å². The van der Waals surface area contributed by atoms with Gasteiger partial charge in [-0.3, -0.25) is 4.90 Å². The van der Waals surface area contributed by atoms with Crippen LogP contribution in [-0.2, 0) is 15.6 Å². The number of hydrogen-bond acceptors (Lipinski definition) is 5. The highest BCUT2D eigenvalue weighted by molar-refractivity contribution is 7.89. The first-order chi connectivity index (χ1) is 13.3. The second kappa shape index (κ2) is 7.49. The molecule has 29 heavy (non-hydrogen) atoms. The minimum atomic E-state index is -4.87. The summed E-state index contributed by atoms with van der Waals surface area (Å²) >= 11 is 0. The third-order valence-corrected chi connectivity index (χ3v) is 8.10. The first-order valence-electron chi connectivity index (χ1n) is 9.57. The van der Waals surface area contributed by atoms with E-state index >= 15 is 0 Å². The van der Waals surface area contributed by atoms with Gasteiger partial charge in [0.15, 0.2) is 5.60 Å². The van der Waals surface area contributed by atoms with E-state index in [1.54, 1.807) is 6.92 Å². The Bertz CT molecular complexity index is 836. The van der Waals surface area contributed by atoms with Crippen molar-refractivity contribution in [3.8, 4) is 0 Å². The number of nitrogens with zero attached hydrogens (tertiary/aromatic N) is 2. The standard InChI is InChI=1S/C19H27F3N2O4S/c1-14-11-23(12-18(13-25)7-8-18)9-10-24(14)29(27,28)16-5-3-15(4-6-16)17(2,26)19(20,21)22/h3-6,14,25-26H,7-13H2,1-2H3. The van der Waals surface area contributed by atoms with Crippen LogP contribution in [0.5, 0.6) is 0 Å². The first kappa shape index (κ1) is 22.5. The van der Waals surface area contributed by atoms with E-state index in [0.29, 0.717) is 20.0 Å². The van der Waals surface area contributed by atoms with E-state index in [2.05, 4.69) is 4.90 Å². The lowest BCUT2D eigenvalue weighted by Crippen LogP contribution is -2.55. The van der Waals surface area contributed by atoms with Gasteiger partial charge in [-0.1, -0.05) is 12.1 Å². The Hall–Kier alpha value is -1.20. The van der Waals surface area contributed by atoms with Crippen LogP contribution < -0.4 is 0 Å². The molecule has 1 aromatic rings. The minimum absolute atomic E-state index is 0.0496. The van der Waals surface area contributed by atoms with E-state index in [1.807, 2.05) is 0 Å². The molecule has 1 heterocycles. The number of benzene rings is 1. The maximum absolute atomic E-state index is 13.0. The van der Waals surface area contributed by atoms with Crippen LogP contribution in [-0.4, -0.2) is 72.8 Å². The molecule has 1 aliphatic heterocycles. The molecule has 6 nitrogen and oxygen atoms in total. The number of alkyl halides is 3. The smallest absolute Gasteiger partial charge is 0.396 e. The van der Waals surface area contributed by atoms with Gasteiger partial charge in [0.05, 0.1) is 4.90 Å². The molecular formula is C19H27F3N2O4S. The summed E-state index contributed by atoms with van der Waals surface area (Å²) in [5, 5.41) is 19.2. The van der Waals surface area contributed by atoms with Gasteiger partial charge in [0.25, 0.3) is 0 Å². The molecule has 0 radical (unpaired) electrons. The Kier molecular flexibility index (Phi) is 5.81. The van der Waals surface area contributed by atoms with E-state index in [9.17, 15) is 31.8 Å². The number of aliphatic hydroxyl groups excluding tert-OH is 1. The largest absolute Gasteiger partial charge is 0.421 e. The zero-order valence-corrected chi connectivity index (χ0v) is 17.3. The van der Waals surface area contributed by atoms with Crippen LogP contribution >= 0.6 is 0 Å². The van der Waals surface area contributed by atoms with E-state index < -0.39 is 27.4 Å². The van der Waals surface area contributed by atoms with Crippen molar-refractivity contribution in [3.05, 3.63) is 29.8 Å². The molecule has 2 N–H and O–H groups in total. The predicted molar refractivity (Wildman–Crippen MR) is 101 cm³/mol. The van der Waals surface area contributed by atoms with Crippen LogP contribution in [0.25, 0.3) is 0 Å². The lowest BCUT2D eigenvalue weighted by atomic mass is 9.96. The molecule has 2 atom stereocenters. The maximum atomic E-state index is 13.0. The van der Waals surface area contributed by atoms with Crippen LogP contribution in [0.4, 0.5) is 13.2 Å². The van der Waals surface area contributed by atoms with Crippen LogP contribution in [0.2, 0.25) is 0 Å². The van der Waals surface area contributed by atoms with Gasteiger partial charge < -0.3 is 10.2 Å². The average molecular weight is 436 g/mol. The van der Waals surface area contributed by atoms with Gasteiger partial charge in [0.1, 0.15) is 0 Å². The summed E-state index contributed by atoms with van der Waals surface area (Å²) in [6.07, 6.45) is -2.92. The summed E-state index contributed by atoms with van der Waals surface area (Å²) in [6, 6.07) is 3.91. The van der Waals surface area contributed by atoms with Crippen LogP contribution in [0.15, 0.2) is 29.2 Å². The van der Waals surface area contributed by atoms with Crippen molar-refractivity contribution in [3.63, 3.8) is 0 Å². The SMILES string of the molecule is CC1CN(CC2(CO)CC2)CCN1S(=O)(=O)c1ccc(C(C)(O)C(F)(F)F)cc1. The topological polar surface area (TPSA) is 81.1 Å². The van der Waals surface area contributed by atoms with E-state index in [-0.39, 0.29) is 29.5 Å². The van der Waals surface area contributed by atoms with Crippen molar-refractivity contribution in [2.24, 2.45) is 5.41 Å². The third-order valence-electron chi connectivity index (χ3n) is 6.08. The predicted octanol–water partition coefficient (Wildman–Crippen LogP) is 1.92. The molecule has 164 valence electrons. The van der Waals surface area contributed by atoms with Gasteiger partial charge in [-0.25, -0.2) is 8.42 Å². The highest BCUT2D eigenvalue weighted by atomic mass is 32.2. The number of piperazine rings is 1. The molecule has 1 aliphatic carbocycles. The Morgan fingerprint density at radius 1 is 1.17 bits per heavy atom. The van der Waals surface area contributed by atoms with Gasteiger partial charge in [-0.15, -0.1) is 0 Å².